The van der Waals surface area contributed by atoms with Gasteiger partial charge in [-0.05, 0) is 64.3 Å². The van der Waals surface area contributed by atoms with E-state index in [1.165, 1.54) is 38.9 Å². The molecule has 1 saturated heterocycles. The third-order valence-electron chi connectivity index (χ3n) is 5.27. The molecule has 0 aliphatic carbocycles. The minimum atomic E-state index is 0. The fourth-order valence-corrected chi connectivity index (χ4v) is 3.80. The van der Waals surface area contributed by atoms with Gasteiger partial charge in [-0.2, -0.15) is 5.10 Å². The SMILES string of the molecule is CCCN1CCC(NC(=NCc2ccc(-n3nc(C)cc3C)nc2)NCC)CC1.I. The predicted molar refractivity (Wildman–Crippen MR) is 134 cm³/mol. The zero-order valence-corrected chi connectivity index (χ0v) is 21.0. The van der Waals surface area contributed by atoms with Crippen molar-refractivity contribution in [3.05, 3.63) is 41.3 Å². The number of aryl methyl sites for hydroxylation is 2. The highest BCUT2D eigenvalue weighted by Gasteiger charge is 2.19. The quantitative estimate of drug-likeness (QED) is 0.330. The number of halogens is 1. The molecule has 30 heavy (non-hydrogen) atoms. The molecule has 1 fully saturated rings. The van der Waals surface area contributed by atoms with Crippen LogP contribution in [0.3, 0.4) is 0 Å². The molecule has 2 aromatic heterocycles. The van der Waals surface area contributed by atoms with Gasteiger partial charge in [-0.1, -0.05) is 13.0 Å². The van der Waals surface area contributed by atoms with E-state index < -0.39 is 0 Å². The van der Waals surface area contributed by atoms with Crippen molar-refractivity contribution in [1.29, 1.82) is 0 Å². The normalized spacial score (nSPS) is 15.7. The fraction of sp³-hybridized carbons (Fsp3) is 0.591. The number of hydrogen-bond donors (Lipinski definition) is 2. The summed E-state index contributed by atoms with van der Waals surface area (Å²) < 4.78 is 1.87. The second-order valence-electron chi connectivity index (χ2n) is 7.82. The Morgan fingerprint density at radius 2 is 1.97 bits per heavy atom. The molecule has 0 radical (unpaired) electrons. The van der Waals surface area contributed by atoms with Gasteiger partial charge in [0.25, 0.3) is 0 Å². The molecule has 0 saturated carbocycles. The summed E-state index contributed by atoms with van der Waals surface area (Å²) in [5.41, 5.74) is 3.18. The molecule has 7 nitrogen and oxygen atoms in total. The molecule has 0 aromatic carbocycles. The van der Waals surface area contributed by atoms with Crippen molar-refractivity contribution in [3.8, 4) is 5.82 Å². The first-order valence-corrected chi connectivity index (χ1v) is 10.8. The van der Waals surface area contributed by atoms with Gasteiger partial charge in [0, 0.05) is 37.6 Å². The molecule has 3 heterocycles. The summed E-state index contributed by atoms with van der Waals surface area (Å²) in [6, 6.07) is 6.64. The Kier molecular flexibility index (Phi) is 10.0. The fourth-order valence-electron chi connectivity index (χ4n) is 3.80. The van der Waals surface area contributed by atoms with Gasteiger partial charge in [0.05, 0.1) is 12.2 Å². The van der Waals surface area contributed by atoms with Gasteiger partial charge >= 0.3 is 0 Å². The highest BCUT2D eigenvalue weighted by atomic mass is 127. The van der Waals surface area contributed by atoms with Crippen LogP contribution in [0, 0.1) is 13.8 Å². The Morgan fingerprint density at radius 1 is 1.20 bits per heavy atom. The second-order valence-corrected chi connectivity index (χ2v) is 7.82. The Bertz CT molecular complexity index is 792. The molecule has 2 aromatic rings. The first-order valence-electron chi connectivity index (χ1n) is 10.8. The molecular weight excluding hydrogens is 489 g/mol. The summed E-state index contributed by atoms with van der Waals surface area (Å²) in [4.78, 5) is 11.9. The lowest BCUT2D eigenvalue weighted by molar-refractivity contribution is 0.206. The number of likely N-dealkylation sites (tertiary alicyclic amines) is 1. The second kappa shape index (κ2) is 12.2. The van der Waals surface area contributed by atoms with Crippen LogP contribution >= 0.6 is 24.0 Å². The standard InChI is InChI=1S/C22H35N7.HI/c1-5-11-28-12-9-20(10-13-28)26-22(23-6-2)25-16-19-7-8-21(24-15-19)29-18(4)14-17(3)27-29;/h7-8,14-15,20H,5-6,9-13,16H2,1-4H3,(H2,23,25,26);1H. The first-order chi connectivity index (χ1) is 14.1. The molecule has 0 atom stereocenters. The zero-order chi connectivity index (χ0) is 20.6. The van der Waals surface area contributed by atoms with Crippen LogP contribution < -0.4 is 10.6 Å². The molecule has 3 rings (SSSR count). The van der Waals surface area contributed by atoms with Crippen molar-refractivity contribution in [2.24, 2.45) is 4.99 Å². The van der Waals surface area contributed by atoms with Crippen LogP contribution in [0.15, 0.2) is 29.4 Å². The maximum absolute atomic E-state index is 4.78. The van der Waals surface area contributed by atoms with Gasteiger partial charge in [0.15, 0.2) is 11.8 Å². The predicted octanol–water partition coefficient (Wildman–Crippen LogP) is 3.43. The van der Waals surface area contributed by atoms with Crippen LogP contribution in [0.4, 0.5) is 0 Å². The summed E-state index contributed by atoms with van der Waals surface area (Å²) in [5, 5.41) is 11.5. The van der Waals surface area contributed by atoms with E-state index in [-0.39, 0.29) is 24.0 Å². The lowest BCUT2D eigenvalue weighted by Gasteiger charge is -2.32. The van der Waals surface area contributed by atoms with E-state index in [9.17, 15) is 0 Å². The van der Waals surface area contributed by atoms with Crippen molar-refractivity contribution in [1.82, 2.24) is 30.3 Å². The average molecular weight is 525 g/mol. The smallest absolute Gasteiger partial charge is 0.191 e. The van der Waals surface area contributed by atoms with Crippen LogP contribution in [0.5, 0.6) is 0 Å². The van der Waals surface area contributed by atoms with Crippen molar-refractivity contribution >= 4 is 29.9 Å². The van der Waals surface area contributed by atoms with E-state index in [4.69, 9.17) is 4.99 Å². The number of aliphatic imine (C=N–C) groups is 1. The topological polar surface area (TPSA) is 70.4 Å². The number of nitrogens with zero attached hydrogens (tertiary/aromatic N) is 5. The van der Waals surface area contributed by atoms with Gasteiger partial charge in [-0.15, -0.1) is 24.0 Å². The van der Waals surface area contributed by atoms with Crippen molar-refractivity contribution in [2.75, 3.05) is 26.2 Å². The van der Waals surface area contributed by atoms with Crippen molar-refractivity contribution in [2.45, 2.75) is 59.5 Å². The van der Waals surface area contributed by atoms with Gasteiger partial charge in [0.1, 0.15) is 0 Å². The van der Waals surface area contributed by atoms with E-state index in [0.29, 0.717) is 12.6 Å². The van der Waals surface area contributed by atoms with Crippen LogP contribution in [0.25, 0.3) is 5.82 Å². The molecule has 0 amide bonds. The van der Waals surface area contributed by atoms with E-state index >= 15 is 0 Å². The molecule has 0 unspecified atom stereocenters. The largest absolute Gasteiger partial charge is 0.357 e. The summed E-state index contributed by atoms with van der Waals surface area (Å²) >= 11 is 0. The summed E-state index contributed by atoms with van der Waals surface area (Å²) in [5.74, 6) is 1.73. The molecule has 1 aliphatic heterocycles. The maximum Gasteiger partial charge on any atom is 0.191 e. The Hall–Kier alpha value is -1.68. The van der Waals surface area contributed by atoms with Crippen LogP contribution in [0.2, 0.25) is 0 Å². The van der Waals surface area contributed by atoms with Crippen LogP contribution in [-0.2, 0) is 6.54 Å². The Morgan fingerprint density at radius 3 is 2.53 bits per heavy atom. The lowest BCUT2D eigenvalue weighted by atomic mass is 10.1. The average Bonchev–Trinajstić information content (AvgIpc) is 3.06. The zero-order valence-electron chi connectivity index (χ0n) is 18.7. The molecule has 0 spiro atoms. The summed E-state index contributed by atoms with van der Waals surface area (Å²) in [6.45, 7) is 13.4. The summed E-state index contributed by atoms with van der Waals surface area (Å²) in [6.07, 6.45) is 5.46. The monoisotopic (exact) mass is 525 g/mol. The number of aromatic nitrogens is 3. The number of rotatable bonds is 7. The van der Waals surface area contributed by atoms with E-state index in [2.05, 4.69) is 51.6 Å². The molecule has 2 N–H and O–H groups in total. The van der Waals surface area contributed by atoms with Crippen molar-refractivity contribution in [3.63, 3.8) is 0 Å². The van der Waals surface area contributed by atoms with E-state index in [0.717, 1.165) is 35.3 Å². The van der Waals surface area contributed by atoms with E-state index in [1.807, 2.05) is 30.8 Å². The van der Waals surface area contributed by atoms with Crippen LogP contribution in [0.1, 0.15) is 50.1 Å². The molecule has 1 aliphatic rings. The number of pyridine rings is 1. The van der Waals surface area contributed by atoms with Gasteiger partial charge < -0.3 is 15.5 Å². The Balaban J connectivity index is 0.00000320. The van der Waals surface area contributed by atoms with Crippen LogP contribution in [-0.4, -0.2) is 57.8 Å². The number of hydrogen-bond acceptors (Lipinski definition) is 4. The highest BCUT2D eigenvalue weighted by Crippen LogP contribution is 2.12. The molecule has 8 heteroatoms. The Labute approximate surface area is 197 Å². The third kappa shape index (κ3) is 6.94. The molecular formula is C22H36IN7. The highest BCUT2D eigenvalue weighted by molar-refractivity contribution is 14.0. The van der Waals surface area contributed by atoms with Gasteiger partial charge in [-0.25, -0.2) is 14.7 Å². The number of guanidine groups is 1. The lowest BCUT2D eigenvalue weighted by Crippen LogP contribution is -2.48. The molecule has 166 valence electrons. The van der Waals surface area contributed by atoms with Crippen molar-refractivity contribution < 1.29 is 0 Å². The van der Waals surface area contributed by atoms with Gasteiger partial charge in [-0.3, -0.25) is 0 Å². The minimum absolute atomic E-state index is 0. The third-order valence-corrected chi connectivity index (χ3v) is 5.27. The number of piperidine rings is 1. The first kappa shape index (κ1) is 24.6. The van der Waals surface area contributed by atoms with E-state index in [1.54, 1.807) is 0 Å². The summed E-state index contributed by atoms with van der Waals surface area (Å²) in [7, 11) is 0. The maximum atomic E-state index is 4.78. The molecule has 0 bridgehead atoms. The van der Waals surface area contributed by atoms with Gasteiger partial charge in [0.2, 0.25) is 0 Å². The number of nitrogens with one attached hydrogen (secondary N) is 2. The minimum Gasteiger partial charge on any atom is -0.357 e.